The van der Waals surface area contributed by atoms with Crippen LogP contribution in [-0.4, -0.2) is 26.3 Å². The number of ether oxygens (including phenoxy) is 1. The van der Waals surface area contributed by atoms with Gasteiger partial charge in [0.1, 0.15) is 0 Å². The van der Waals surface area contributed by atoms with Crippen molar-refractivity contribution in [2.45, 2.75) is 26.8 Å². The predicted molar refractivity (Wildman–Crippen MR) is 44.2 cm³/mol. The minimum Gasteiger partial charge on any atom is -0.384 e. The van der Waals surface area contributed by atoms with Crippen molar-refractivity contribution in [2.75, 3.05) is 20.3 Å². The van der Waals surface area contributed by atoms with Crippen LogP contribution in [0.1, 0.15) is 20.8 Å². The molecule has 0 saturated carbocycles. The van der Waals surface area contributed by atoms with Gasteiger partial charge in [0, 0.05) is 13.2 Å². The van der Waals surface area contributed by atoms with Crippen molar-refractivity contribution in [2.24, 2.45) is 5.92 Å². The van der Waals surface area contributed by atoms with Gasteiger partial charge in [0.2, 0.25) is 0 Å². The second-order valence-electron chi connectivity index (χ2n) is 2.78. The molecule has 10 heavy (non-hydrogen) atoms. The van der Waals surface area contributed by atoms with Crippen molar-refractivity contribution < 1.29 is 4.74 Å². The van der Waals surface area contributed by atoms with Crippen molar-refractivity contribution in [1.29, 1.82) is 0 Å². The highest BCUT2D eigenvalue weighted by atomic mass is 16.5. The van der Waals surface area contributed by atoms with Crippen LogP contribution in [0.5, 0.6) is 0 Å². The van der Waals surface area contributed by atoms with Crippen LogP contribution in [0.2, 0.25) is 0 Å². The van der Waals surface area contributed by atoms with Crippen LogP contribution in [0.15, 0.2) is 0 Å². The summed E-state index contributed by atoms with van der Waals surface area (Å²) in [6.45, 7) is 8.38. The normalized spacial score (nSPS) is 16.8. The van der Waals surface area contributed by atoms with Crippen molar-refractivity contribution in [3.05, 3.63) is 0 Å². The van der Waals surface area contributed by atoms with E-state index in [1.54, 1.807) is 7.11 Å². The lowest BCUT2D eigenvalue weighted by molar-refractivity contribution is 0.143. The van der Waals surface area contributed by atoms with Gasteiger partial charge in [-0.05, 0) is 19.4 Å². The molecule has 0 saturated heterocycles. The molecule has 2 nitrogen and oxygen atoms in total. The fourth-order valence-electron chi connectivity index (χ4n) is 0.930. The molecule has 0 heterocycles. The minimum absolute atomic E-state index is 0.560. The second-order valence-corrected chi connectivity index (χ2v) is 2.78. The first-order chi connectivity index (χ1) is 4.72. The van der Waals surface area contributed by atoms with Crippen molar-refractivity contribution in [1.82, 2.24) is 5.32 Å². The zero-order valence-corrected chi connectivity index (χ0v) is 7.48. The van der Waals surface area contributed by atoms with E-state index in [2.05, 4.69) is 26.1 Å². The highest BCUT2D eigenvalue weighted by Gasteiger charge is 2.08. The lowest BCUT2D eigenvalue weighted by Crippen LogP contribution is -2.33. The molecule has 1 N–H and O–H groups in total. The molecule has 0 fully saturated rings. The summed E-state index contributed by atoms with van der Waals surface area (Å²) in [7, 11) is 1.75. The zero-order chi connectivity index (χ0) is 7.98. The molecular weight excluding hydrogens is 126 g/mol. The van der Waals surface area contributed by atoms with E-state index >= 15 is 0 Å². The average Bonchev–Trinajstić information content (AvgIpc) is 1.89. The number of hydrogen-bond acceptors (Lipinski definition) is 2. The molecule has 0 aromatic rings. The van der Waals surface area contributed by atoms with Gasteiger partial charge in [-0.3, -0.25) is 0 Å². The van der Waals surface area contributed by atoms with Crippen molar-refractivity contribution in [3.8, 4) is 0 Å². The van der Waals surface area contributed by atoms with Gasteiger partial charge in [-0.15, -0.1) is 0 Å². The SMILES string of the molecule is CCNC(C)C(C)COC. The van der Waals surface area contributed by atoms with Gasteiger partial charge in [0.15, 0.2) is 0 Å². The minimum atomic E-state index is 0.560. The van der Waals surface area contributed by atoms with E-state index in [4.69, 9.17) is 4.74 Å². The molecule has 0 radical (unpaired) electrons. The number of nitrogens with one attached hydrogen (secondary N) is 1. The van der Waals surface area contributed by atoms with E-state index in [-0.39, 0.29) is 0 Å². The Labute approximate surface area is 64.0 Å². The lowest BCUT2D eigenvalue weighted by Gasteiger charge is -2.19. The molecule has 0 aromatic carbocycles. The van der Waals surface area contributed by atoms with Crippen LogP contribution in [0.4, 0.5) is 0 Å². The van der Waals surface area contributed by atoms with Gasteiger partial charge in [-0.25, -0.2) is 0 Å². The third kappa shape index (κ3) is 3.85. The van der Waals surface area contributed by atoms with E-state index in [1.807, 2.05) is 0 Å². The van der Waals surface area contributed by atoms with E-state index < -0.39 is 0 Å². The van der Waals surface area contributed by atoms with Crippen LogP contribution >= 0.6 is 0 Å². The lowest BCUT2D eigenvalue weighted by atomic mass is 10.1. The fraction of sp³-hybridized carbons (Fsp3) is 1.00. The first kappa shape index (κ1) is 9.92. The summed E-state index contributed by atoms with van der Waals surface area (Å²) >= 11 is 0. The third-order valence-electron chi connectivity index (χ3n) is 1.81. The predicted octanol–water partition coefficient (Wildman–Crippen LogP) is 1.27. The van der Waals surface area contributed by atoms with E-state index in [1.165, 1.54) is 0 Å². The maximum atomic E-state index is 5.03. The van der Waals surface area contributed by atoms with Gasteiger partial charge < -0.3 is 10.1 Å². The second kappa shape index (κ2) is 5.69. The smallest absolute Gasteiger partial charge is 0.0502 e. The Hall–Kier alpha value is -0.0800. The summed E-state index contributed by atoms with van der Waals surface area (Å²) in [5.41, 5.74) is 0. The molecule has 0 aliphatic heterocycles. The van der Waals surface area contributed by atoms with Gasteiger partial charge in [-0.2, -0.15) is 0 Å². The Morgan fingerprint density at radius 3 is 2.40 bits per heavy atom. The molecule has 62 valence electrons. The molecule has 0 aliphatic rings. The summed E-state index contributed by atoms with van der Waals surface area (Å²) in [6, 6.07) is 0.560. The van der Waals surface area contributed by atoms with Gasteiger partial charge in [0.25, 0.3) is 0 Å². The van der Waals surface area contributed by atoms with Crippen LogP contribution < -0.4 is 5.32 Å². The third-order valence-corrected chi connectivity index (χ3v) is 1.81. The standard InChI is InChI=1S/C8H19NO/c1-5-9-8(3)7(2)6-10-4/h7-9H,5-6H2,1-4H3. The zero-order valence-electron chi connectivity index (χ0n) is 7.48. The molecule has 0 rings (SSSR count). The molecule has 0 aromatic heterocycles. The van der Waals surface area contributed by atoms with Crippen molar-refractivity contribution >= 4 is 0 Å². The number of hydrogen-bond donors (Lipinski definition) is 1. The van der Waals surface area contributed by atoms with Crippen LogP contribution in [0.3, 0.4) is 0 Å². The Bertz CT molecular complexity index is 65.7. The van der Waals surface area contributed by atoms with Gasteiger partial charge in [-0.1, -0.05) is 13.8 Å². The maximum absolute atomic E-state index is 5.03. The molecule has 2 heteroatoms. The number of rotatable bonds is 5. The topological polar surface area (TPSA) is 21.3 Å². The number of methoxy groups -OCH3 is 1. The Kier molecular flexibility index (Phi) is 5.64. The maximum Gasteiger partial charge on any atom is 0.0502 e. The Morgan fingerprint density at radius 2 is 2.00 bits per heavy atom. The first-order valence-electron chi connectivity index (χ1n) is 3.94. The molecule has 0 spiro atoms. The summed E-state index contributed by atoms with van der Waals surface area (Å²) in [6.07, 6.45) is 0. The molecule has 0 amide bonds. The van der Waals surface area contributed by atoms with Crippen LogP contribution in [0.25, 0.3) is 0 Å². The quantitative estimate of drug-likeness (QED) is 0.629. The molecular formula is C8H19NO. The summed E-state index contributed by atoms with van der Waals surface area (Å²) < 4.78 is 5.03. The summed E-state index contributed by atoms with van der Waals surface area (Å²) in [5.74, 6) is 0.602. The Balaban J connectivity index is 3.38. The monoisotopic (exact) mass is 145 g/mol. The van der Waals surface area contributed by atoms with Crippen LogP contribution in [0, 0.1) is 5.92 Å². The fourth-order valence-corrected chi connectivity index (χ4v) is 0.930. The van der Waals surface area contributed by atoms with E-state index in [9.17, 15) is 0 Å². The Morgan fingerprint density at radius 1 is 1.40 bits per heavy atom. The molecule has 0 bridgehead atoms. The highest BCUT2D eigenvalue weighted by Crippen LogP contribution is 2.01. The summed E-state index contributed by atoms with van der Waals surface area (Å²) in [4.78, 5) is 0. The highest BCUT2D eigenvalue weighted by molar-refractivity contribution is 4.66. The average molecular weight is 145 g/mol. The van der Waals surface area contributed by atoms with Gasteiger partial charge >= 0.3 is 0 Å². The first-order valence-corrected chi connectivity index (χ1v) is 3.94. The summed E-state index contributed by atoms with van der Waals surface area (Å²) in [5, 5.41) is 3.35. The van der Waals surface area contributed by atoms with Crippen molar-refractivity contribution in [3.63, 3.8) is 0 Å². The largest absolute Gasteiger partial charge is 0.384 e. The van der Waals surface area contributed by atoms with Gasteiger partial charge in [0.05, 0.1) is 6.61 Å². The van der Waals surface area contributed by atoms with E-state index in [0.717, 1.165) is 13.2 Å². The molecule has 2 unspecified atom stereocenters. The van der Waals surface area contributed by atoms with E-state index in [0.29, 0.717) is 12.0 Å². The molecule has 2 atom stereocenters. The molecule has 0 aliphatic carbocycles. The van der Waals surface area contributed by atoms with Crippen LogP contribution in [-0.2, 0) is 4.74 Å².